The van der Waals surface area contributed by atoms with Crippen LogP contribution in [0.25, 0.3) is 0 Å². The number of para-hydroxylation sites is 1. The highest BCUT2D eigenvalue weighted by Crippen LogP contribution is 2.24. The van der Waals surface area contributed by atoms with E-state index in [9.17, 15) is 18.0 Å². The molecule has 0 spiro atoms. The number of anilines is 1. The monoisotopic (exact) mass is 416 g/mol. The lowest BCUT2D eigenvalue weighted by Crippen LogP contribution is -2.35. The summed E-state index contributed by atoms with van der Waals surface area (Å²) in [6, 6.07) is 12.6. The molecule has 1 fully saturated rings. The first kappa shape index (κ1) is 21.0. The zero-order valence-corrected chi connectivity index (χ0v) is 17.3. The number of nitrogens with zero attached hydrogens (tertiary/aromatic N) is 2. The van der Waals surface area contributed by atoms with Crippen LogP contribution in [0.1, 0.15) is 40.0 Å². The Morgan fingerprint density at radius 1 is 1.00 bits per heavy atom. The molecule has 1 heterocycles. The molecule has 0 saturated carbocycles. The number of sulfonamides is 1. The molecule has 3 rings (SSSR count). The number of rotatable bonds is 5. The highest BCUT2D eigenvalue weighted by Gasteiger charge is 2.27. The largest absolute Gasteiger partial charge is 0.465 e. The number of esters is 1. The van der Waals surface area contributed by atoms with E-state index in [4.69, 9.17) is 4.74 Å². The van der Waals surface area contributed by atoms with Gasteiger partial charge in [-0.15, -0.1) is 0 Å². The molecule has 0 atom stereocenters. The Labute approximate surface area is 170 Å². The van der Waals surface area contributed by atoms with E-state index < -0.39 is 21.9 Å². The third kappa shape index (κ3) is 4.33. The van der Waals surface area contributed by atoms with E-state index >= 15 is 0 Å². The molecular weight excluding hydrogens is 392 g/mol. The van der Waals surface area contributed by atoms with Crippen molar-refractivity contribution >= 4 is 27.6 Å². The lowest BCUT2D eigenvalue weighted by Gasteiger charge is -2.26. The van der Waals surface area contributed by atoms with Gasteiger partial charge in [-0.1, -0.05) is 24.6 Å². The quantitative estimate of drug-likeness (QED) is 0.700. The number of ether oxygens (including phenoxy) is 1. The van der Waals surface area contributed by atoms with Crippen molar-refractivity contribution in [3.8, 4) is 0 Å². The topological polar surface area (TPSA) is 84.0 Å². The Morgan fingerprint density at radius 2 is 1.69 bits per heavy atom. The van der Waals surface area contributed by atoms with E-state index in [1.807, 2.05) is 0 Å². The molecule has 1 aliphatic rings. The summed E-state index contributed by atoms with van der Waals surface area (Å²) in [5.74, 6) is -0.973. The van der Waals surface area contributed by atoms with E-state index in [-0.39, 0.29) is 16.0 Å². The van der Waals surface area contributed by atoms with E-state index in [0.29, 0.717) is 18.8 Å². The van der Waals surface area contributed by atoms with Gasteiger partial charge in [0.2, 0.25) is 10.0 Å². The summed E-state index contributed by atoms with van der Waals surface area (Å²) in [6.07, 6.45) is 2.70. The van der Waals surface area contributed by atoms with Crippen LogP contribution >= 0.6 is 0 Å². The van der Waals surface area contributed by atoms with E-state index in [2.05, 4.69) is 0 Å². The first-order valence-corrected chi connectivity index (χ1v) is 10.9. The number of carbonyl (C=O) groups excluding carboxylic acids is 2. The van der Waals surface area contributed by atoms with Crippen LogP contribution in [-0.2, 0) is 14.8 Å². The fourth-order valence-corrected chi connectivity index (χ4v) is 4.96. The van der Waals surface area contributed by atoms with Gasteiger partial charge in [-0.3, -0.25) is 4.79 Å². The van der Waals surface area contributed by atoms with Gasteiger partial charge in [0.05, 0.1) is 23.3 Å². The molecule has 0 aliphatic carbocycles. The van der Waals surface area contributed by atoms with Crippen LogP contribution in [0.2, 0.25) is 0 Å². The van der Waals surface area contributed by atoms with Crippen molar-refractivity contribution in [2.24, 2.45) is 0 Å². The Bertz CT molecular complexity index is 1010. The van der Waals surface area contributed by atoms with Crippen LogP contribution in [0.4, 0.5) is 5.69 Å². The predicted octanol–water partition coefficient (Wildman–Crippen LogP) is 2.92. The third-order valence-electron chi connectivity index (χ3n) is 5.01. The molecule has 7 nitrogen and oxygen atoms in total. The van der Waals surface area contributed by atoms with Gasteiger partial charge < -0.3 is 9.64 Å². The molecule has 29 heavy (non-hydrogen) atoms. The number of benzene rings is 2. The summed E-state index contributed by atoms with van der Waals surface area (Å²) in [5, 5.41) is 0. The predicted molar refractivity (Wildman–Crippen MR) is 110 cm³/mol. The van der Waals surface area contributed by atoms with Crippen LogP contribution in [0, 0.1) is 0 Å². The van der Waals surface area contributed by atoms with Gasteiger partial charge in [0.25, 0.3) is 5.91 Å². The number of piperidine rings is 1. The zero-order chi connectivity index (χ0) is 21.0. The van der Waals surface area contributed by atoms with Crippen LogP contribution in [0.3, 0.4) is 0 Å². The Morgan fingerprint density at radius 3 is 2.38 bits per heavy atom. The van der Waals surface area contributed by atoms with Crippen molar-refractivity contribution in [3.05, 3.63) is 59.7 Å². The molecule has 1 amide bonds. The van der Waals surface area contributed by atoms with Crippen molar-refractivity contribution in [2.75, 3.05) is 32.1 Å². The molecule has 2 aromatic carbocycles. The minimum Gasteiger partial charge on any atom is -0.465 e. The van der Waals surface area contributed by atoms with Crippen LogP contribution in [0.5, 0.6) is 0 Å². The Kier molecular flexibility index (Phi) is 6.34. The minimum atomic E-state index is -3.65. The van der Waals surface area contributed by atoms with Crippen LogP contribution in [-0.4, -0.2) is 51.8 Å². The molecule has 0 radical (unpaired) electrons. The molecule has 0 unspecified atom stereocenters. The van der Waals surface area contributed by atoms with Gasteiger partial charge in [-0.05, 0) is 43.2 Å². The molecule has 0 bridgehead atoms. The smallest absolute Gasteiger partial charge is 0.339 e. The summed E-state index contributed by atoms with van der Waals surface area (Å²) in [7, 11) is -0.834. The van der Waals surface area contributed by atoms with Crippen molar-refractivity contribution < 1.29 is 22.7 Å². The van der Waals surface area contributed by atoms with Gasteiger partial charge in [-0.2, -0.15) is 4.31 Å². The molecule has 2 aromatic rings. The zero-order valence-electron chi connectivity index (χ0n) is 16.5. The minimum absolute atomic E-state index is 0.0971. The van der Waals surface area contributed by atoms with Crippen molar-refractivity contribution in [3.63, 3.8) is 0 Å². The first-order chi connectivity index (χ1) is 13.9. The summed E-state index contributed by atoms with van der Waals surface area (Å²) in [5.41, 5.74) is 0.863. The Hall–Kier alpha value is -2.71. The fraction of sp³-hybridized carbons (Fsp3) is 0.333. The van der Waals surface area contributed by atoms with E-state index in [1.54, 1.807) is 36.4 Å². The standard InChI is InChI=1S/C21H24N2O5S/c1-22(19-12-5-4-11-18(19)21(25)28-2)20(24)16-9-8-10-17(15-16)29(26,27)23-13-6-3-7-14-23/h4-5,8-12,15H,3,6-7,13-14H2,1-2H3. The highest BCUT2D eigenvalue weighted by atomic mass is 32.2. The molecule has 8 heteroatoms. The second-order valence-corrected chi connectivity index (χ2v) is 8.80. The molecule has 0 N–H and O–H groups in total. The van der Waals surface area contributed by atoms with E-state index in [0.717, 1.165) is 19.3 Å². The highest BCUT2D eigenvalue weighted by molar-refractivity contribution is 7.89. The summed E-state index contributed by atoms with van der Waals surface area (Å²) >= 11 is 0. The van der Waals surface area contributed by atoms with Crippen molar-refractivity contribution in [2.45, 2.75) is 24.2 Å². The maximum Gasteiger partial charge on any atom is 0.339 e. The number of amides is 1. The lowest BCUT2D eigenvalue weighted by molar-refractivity contribution is 0.0601. The Balaban J connectivity index is 1.91. The third-order valence-corrected chi connectivity index (χ3v) is 6.90. The average molecular weight is 416 g/mol. The molecular formula is C21H24N2O5S. The summed E-state index contributed by atoms with van der Waals surface area (Å²) < 4.78 is 32.1. The normalized spacial score (nSPS) is 15.0. The lowest BCUT2D eigenvalue weighted by atomic mass is 10.1. The van der Waals surface area contributed by atoms with Crippen molar-refractivity contribution in [1.29, 1.82) is 0 Å². The van der Waals surface area contributed by atoms with Gasteiger partial charge in [0.15, 0.2) is 0 Å². The number of hydrogen-bond acceptors (Lipinski definition) is 5. The van der Waals surface area contributed by atoms with E-state index in [1.165, 1.54) is 35.5 Å². The number of carbonyl (C=O) groups is 2. The van der Waals surface area contributed by atoms with Crippen LogP contribution in [0.15, 0.2) is 53.4 Å². The average Bonchev–Trinajstić information content (AvgIpc) is 2.78. The maximum absolute atomic E-state index is 13.0. The molecule has 1 aliphatic heterocycles. The van der Waals surface area contributed by atoms with Gasteiger partial charge in [0.1, 0.15) is 0 Å². The molecule has 0 aromatic heterocycles. The van der Waals surface area contributed by atoms with Crippen molar-refractivity contribution in [1.82, 2.24) is 4.31 Å². The maximum atomic E-state index is 13.0. The molecule has 154 valence electrons. The first-order valence-electron chi connectivity index (χ1n) is 9.42. The number of methoxy groups -OCH3 is 1. The summed E-state index contributed by atoms with van der Waals surface area (Å²) in [4.78, 5) is 26.5. The fourth-order valence-electron chi connectivity index (χ4n) is 3.40. The SMILES string of the molecule is COC(=O)c1ccccc1N(C)C(=O)c1cccc(S(=O)(=O)N2CCCCC2)c1. The second-order valence-electron chi connectivity index (χ2n) is 6.87. The van der Waals surface area contributed by atoms with Gasteiger partial charge in [0, 0.05) is 25.7 Å². The number of hydrogen-bond donors (Lipinski definition) is 0. The summed E-state index contributed by atoms with van der Waals surface area (Å²) in [6.45, 7) is 0.986. The second kappa shape index (κ2) is 8.75. The van der Waals surface area contributed by atoms with Gasteiger partial charge >= 0.3 is 5.97 Å². The molecule has 1 saturated heterocycles. The van der Waals surface area contributed by atoms with Gasteiger partial charge in [-0.25, -0.2) is 13.2 Å². The van der Waals surface area contributed by atoms with Crippen LogP contribution < -0.4 is 4.90 Å².